The predicted octanol–water partition coefficient (Wildman–Crippen LogP) is 4.51. The Balaban J connectivity index is 2.22. The second kappa shape index (κ2) is 6.18. The lowest BCUT2D eigenvalue weighted by atomic mass is 9.99. The molecule has 2 aromatic carbocycles. The third-order valence-corrected chi connectivity index (χ3v) is 3.38. The Morgan fingerprint density at radius 1 is 1.11 bits per heavy atom. The zero-order valence-electron chi connectivity index (χ0n) is 10.7. The van der Waals surface area contributed by atoms with Gasteiger partial charge < -0.3 is 5.11 Å². The molecule has 1 unspecified atom stereocenters. The molecule has 1 N–H and O–H groups in total. The molecule has 0 aliphatic rings. The molecule has 2 aromatic rings. The number of benzene rings is 2. The van der Waals surface area contributed by atoms with Crippen molar-refractivity contribution in [2.45, 2.75) is 25.9 Å². The molecule has 0 amide bonds. The Kier molecular flexibility index (Phi) is 4.56. The van der Waals surface area contributed by atoms with E-state index in [4.69, 9.17) is 11.6 Å². The van der Waals surface area contributed by atoms with E-state index in [9.17, 15) is 9.50 Å². The number of halogens is 2. The van der Waals surface area contributed by atoms with Gasteiger partial charge in [-0.3, -0.25) is 0 Å². The first-order valence-electron chi connectivity index (χ1n) is 6.33. The molecule has 0 fully saturated rings. The minimum absolute atomic E-state index is 0.0270. The summed E-state index contributed by atoms with van der Waals surface area (Å²) in [5, 5.41) is 10.3. The van der Waals surface area contributed by atoms with Gasteiger partial charge in [-0.15, -0.1) is 0 Å². The molecule has 0 aromatic heterocycles. The van der Waals surface area contributed by atoms with E-state index in [0.29, 0.717) is 5.56 Å². The molecule has 0 aliphatic heterocycles. The maximum Gasteiger partial charge on any atom is 0.141 e. The number of aryl methyl sites for hydroxylation is 1. The molecule has 100 valence electrons. The average molecular weight is 279 g/mol. The van der Waals surface area contributed by atoms with Crippen LogP contribution in [0.2, 0.25) is 5.02 Å². The highest BCUT2D eigenvalue weighted by Gasteiger charge is 2.12. The molecule has 0 aliphatic carbocycles. The lowest BCUT2D eigenvalue weighted by Crippen LogP contribution is -2.00. The van der Waals surface area contributed by atoms with Gasteiger partial charge in [0.05, 0.1) is 5.02 Å². The van der Waals surface area contributed by atoms with Crippen molar-refractivity contribution in [2.24, 2.45) is 0 Å². The maximum absolute atomic E-state index is 13.1. The second-order valence-corrected chi connectivity index (χ2v) is 4.97. The summed E-state index contributed by atoms with van der Waals surface area (Å²) in [4.78, 5) is 0. The maximum atomic E-state index is 13.1. The van der Waals surface area contributed by atoms with Crippen molar-refractivity contribution in [3.63, 3.8) is 0 Å². The lowest BCUT2D eigenvalue weighted by Gasteiger charge is -2.12. The van der Waals surface area contributed by atoms with Crippen LogP contribution in [0.4, 0.5) is 4.39 Å². The highest BCUT2D eigenvalue weighted by atomic mass is 35.5. The summed E-state index contributed by atoms with van der Waals surface area (Å²) in [6, 6.07) is 12.1. The van der Waals surface area contributed by atoms with Gasteiger partial charge in [0, 0.05) is 0 Å². The Morgan fingerprint density at radius 3 is 2.32 bits per heavy atom. The van der Waals surface area contributed by atoms with Crippen molar-refractivity contribution in [1.29, 1.82) is 0 Å². The van der Waals surface area contributed by atoms with Gasteiger partial charge >= 0.3 is 0 Å². The number of rotatable bonds is 4. The van der Waals surface area contributed by atoms with E-state index in [-0.39, 0.29) is 5.02 Å². The largest absolute Gasteiger partial charge is 0.384 e. The first kappa shape index (κ1) is 14.0. The zero-order valence-corrected chi connectivity index (χ0v) is 11.5. The molecule has 0 spiro atoms. The topological polar surface area (TPSA) is 20.2 Å². The van der Waals surface area contributed by atoms with Crippen LogP contribution in [0.15, 0.2) is 42.5 Å². The third kappa shape index (κ3) is 3.34. The molecule has 2 rings (SSSR count). The first-order valence-corrected chi connectivity index (χ1v) is 6.71. The smallest absolute Gasteiger partial charge is 0.141 e. The van der Waals surface area contributed by atoms with Crippen LogP contribution in [-0.2, 0) is 6.42 Å². The molecular weight excluding hydrogens is 263 g/mol. The van der Waals surface area contributed by atoms with Crippen molar-refractivity contribution in [2.75, 3.05) is 0 Å². The van der Waals surface area contributed by atoms with E-state index in [1.807, 2.05) is 24.3 Å². The fourth-order valence-corrected chi connectivity index (χ4v) is 2.22. The van der Waals surface area contributed by atoms with Gasteiger partial charge in [0.25, 0.3) is 0 Å². The van der Waals surface area contributed by atoms with Crippen molar-refractivity contribution in [3.8, 4) is 0 Å². The summed E-state index contributed by atoms with van der Waals surface area (Å²) in [7, 11) is 0. The molecule has 1 nitrogen and oxygen atoms in total. The zero-order chi connectivity index (χ0) is 13.8. The SMILES string of the molecule is CCCc1ccc(C(O)c2ccc(F)c(Cl)c2)cc1. The van der Waals surface area contributed by atoms with E-state index in [2.05, 4.69) is 6.92 Å². The predicted molar refractivity (Wildman–Crippen MR) is 75.9 cm³/mol. The Hall–Kier alpha value is -1.38. The molecule has 0 bridgehead atoms. The molecule has 3 heteroatoms. The van der Waals surface area contributed by atoms with Gasteiger partial charge in [0.1, 0.15) is 11.9 Å². The van der Waals surface area contributed by atoms with Crippen LogP contribution in [0.5, 0.6) is 0 Å². The quantitative estimate of drug-likeness (QED) is 0.872. The number of hydrogen-bond acceptors (Lipinski definition) is 1. The van der Waals surface area contributed by atoms with Gasteiger partial charge in [0.15, 0.2) is 0 Å². The summed E-state index contributed by atoms with van der Waals surface area (Å²) < 4.78 is 13.1. The van der Waals surface area contributed by atoms with Gasteiger partial charge in [-0.2, -0.15) is 0 Å². The van der Waals surface area contributed by atoms with E-state index < -0.39 is 11.9 Å². The molecule has 0 heterocycles. The minimum atomic E-state index is -0.784. The number of aliphatic hydroxyl groups excluding tert-OH is 1. The second-order valence-electron chi connectivity index (χ2n) is 4.57. The van der Waals surface area contributed by atoms with E-state index in [1.165, 1.54) is 17.7 Å². The van der Waals surface area contributed by atoms with Crippen LogP contribution in [-0.4, -0.2) is 5.11 Å². The van der Waals surface area contributed by atoms with Crippen LogP contribution >= 0.6 is 11.6 Å². The highest BCUT2D eigenvalue weighted by Crippen LogP contribution is 2.26. The molecule has 1 atom stereocenters. The van der Waals surface area contributed by atoms with Gasteiger partial charge in [-0.25, -0.2) is 4.39 Å². The first-order chi connectivity index (χ1) is 9.11. The van der Waals surface area contributed by atoms with Gasteiger partial charge in [-0.05, 0) is 35.2 Å². The normalized spacial score (nSPS) is 12.4. The number of hydrogen-bond donors (Lipinski definition) is 1. The van der Waals surface area contributed by atoms with Crippen molar-refractivity contribution < 1.29 is 9.50 Å². The van der Waals surface area contributed by atoms with Crippen LogP contribution < -0.4 is 0 Å². The summed E-state index contributed by atoms with van der Waals surface area (Å²) in [5.74, 6) is -0.476. The fourth-order valence-electron chi connectivity index (χ4n) is 2.03. The monoisotopic (exact) mass is 278 g/mol. The Labute approximate surface area is 117 Å². The van der Waals surface area contributed by atoms with Gasteiger partial charge in [-0.1, -0.05) is 55.3 Å². The summed E-state index contributed by atoms with van der Waals surface area (Å²) in [6.07, 6.45) is 1.34. The summed E-state index contributed by atoms with van der Waals surface area (Å²) >= 11 is 5.73. The van der Waals surface area contributed by atoms with Crippen molar-refractivity contribution in [3.05, 3.63) is 70.0 Å². The Morgan fingerprint density at radius 2 is 1.74 bits per heavy atom. The average Bonchev–Trinajstić information content (AvgIpc) is 2.42. The molecule has 19 heavy (non-hydrogen) atoms. The van der Waals surface area contributed by atoms with Gasteiger partial charge in [0.2, 0.25) is 0 Å². The lowest BCUT2D eigenvalue weighted by molar-refractivity contribution is 0.220. The summed E-state index contributed by atoms with van der Waals surface area (Å²) in [6.45, 7) is 2.13. The van der Waals surface area contributed by atoms with Crippen LogP contribution in [0.1, 0.15) is 36.1 Å². The standard InChI is InChI=1S/C16H16ClFO/c1-2-3-11-4-6-12(7-5-11)16(19)13-8-9-15(18)14(17)10-13/h4-10,16,19H,2-3H2,1H3. The minimum Gasteiger partial charge on any atom is -0.384 e. The van der Waals surface area contributed by atoms with Crippen LogP contribution in [0.3, 0.4) is 0 Å². The molecule has 0 saturated heterocycles. The highest BCUT2D eigenvalue weighted by molar-refractivity contribution is 6.30. The number of aliphatic hydroxyl groups is 1. The van der Waals surface area contributed by atoms with E-state index >= 15 is 0 Å². The van der Waals surface area contributed by atoms with Crippen molar-refractivity contribution >= 4 is 11.6 Å². The summed E-state index contributed by atoms with van der Waals surface area (Å²) in [5.41, 5.74) is 2.62. The fraction of sp³-hybridized carbons (Fsp3) is 0.250. The molecular formula is C16H16ClFO. The Bertz CT molecular complexity index is 551. The van der Waals surface area contributed by atoms with E-state index in [1.54, 1.807) is 6.07 Å². The van der Waals surface area contributed by atoms with E-state index in [0.717, 1.165) is 18.4 Å². The third-order valence-electron chi connectivity index (χ3n) is 3.09. The molecule has 0 saturated carbocycles. The van der Waals surface area contributed by atoms with Crippen LogP contribution in [0, 0.1) is 5.82 Å². The molecule has 0 radical (unpaired) electrons. The van der Waals surface area contributed by atoms with Crippen molar-refractivity contribution in [1.82, 2.24) is 0 Å². The van der Waals surface area contributed by atoms with Crippen LogP contribution in [0.25, 0.3) is 0 Å².